The summed E-state index contributed by atoms with van der Waals surface area (Å²) >= 11 is 0. The zero-order chi connectivity index (χ0) is 16.9. The first-order valence-corrected chi connectivity index (χ1v) is 8.67. The average molecular weight is 329 g/mol. The van der Waals surface area contributed by atoms with Gasteiger partial charge in [-0.1, -0.05) is 30.3 Å². The summed E-state index contributed by atoms with van der Waals surface area (Å²) in [6.45, 7) is 2.95. The van der Waals surface area contributed by atoms with Crippen molar-refractivity contribution in [1.82, 2.24) is 4.90 Å². The molecule has 24 heavy (non-hydrogen) atoms. The predicted molar refractivity (Wildman–Crippen MR) is 87.0 cm³/mol. The highest BCUT2D eigenvalue weighted by Crippen LogP contribution is 2.56. The molecule has 1 aromatic rings. The number of rotatable bonds is 4. The molecule has 5 unspecified atom stereocenters. The minimum Gasteiger partial charge on any atom is -0.450 e. The molecule has 0 radical (unpaired) electrons. The maximum atomic E-state index is 12.8. The molecule has 0 spiro atoms. The number of amides is 1. The molecule has 3 fully saturated rings. The molecule has 1 aliphatic carbocycles. The lowest BCUT2D eigenvalue weighted by Gasteiger charge is -2.31. The lowest BCUT2D eigenvalue weighted by molar-refractivity contribution is -0.167. The second-order valence-corrected chi connectivity index (χ2v) is 7.27. The van der Waals surface area contributed by atoms with Crippen LogP contribution in [0, 0.1) is 11.8 Å². The van der Waals surface area contributed by atoms with Gasteiger partial charge in [-0.3, -0.25) is 4.79 Å². The first kappa shape index (κ1) is 15.6. The smallest absolute Gasteiger partial charge is 0.340 e. The molecule has 2 aliphatic heterocycles. The van der Waals surface area contributed by atoms with Crippen molar-refractivity contribution in [1.29, 1.82) is 0 Å². The van der Waals surface area contributed by atoms with Crippen LogP contribution < -0.4 is 0 Å². The maximum absolute atomic E-state index is 12.8. The van der Waals surface area contributed by atoms with Crippen molar-refractivity contribution in [3.63, 3.8) is 0 Å². The van der Waals surface area contributed by atoms with Gasteiger partial charge in [0, 0.05) is 25.1 Å². The van der Waals surface area contributed by atoms with E-state index in [-0.39, 0.29) is 17.4 Å². The Hall–Kier alpha value is -1.88. The normalized spacial score (nSPS) is 35.2. The lowest BCUT2D eigenvalue weighted by Crippen LogP contribution is -2.42. The summed E-state index contributed by atoms with van der Waals surface area (Å²) < 4.78 is 11.1. The van der Waals surface area contributed by atoms with Gasteiger partial charge in [0.15, 0.2) is 12.2 Å². The van der Waals surface area contributed by atoms with E-state index in [1.54, 1.807) is 0 Å². The quantitative estimate of drug-likeness (QED) is 0.796. The number of nitrogens with zero attached hydrogens (tertiary/aromatic N) is 1. The SMILES string of the molecule is COC(C(=O)OC1C(=O)N2CCC3CCC1C32C)c1ccccc1. The molecule has 1 aromatic carbocycles. The lowest BCUT2D eigenvalue weighted by atomic mass is 9.84. The van der Waals surface area contributed by atoms with E-state index in [0.29, 0.717) is 5.92 Å². The first-order chi connectivity index (χ1) is 11.6. The third kappa shape index (κ3) is 2.04. The molecule has 3 aliphatic rings. The van der Waals surface area contributed by atoms with Gasteiger partial charge in [0.1, 0.15) is 0 Å². The van der Waals surface area contributed by atoms with Crippen molar-refractivity contribution in [2.45, 2.75) is 43.9 Å². The number of esters is 1. The van der Waals surface area contributed by atoms with Gasteiger partial charge in [-0.25, -0.2) is 4.79 Å². The number of hydrogen-bond donors (Lipinski definition) is 0. The highest BCUT2D eigenvalue weighted by molar-refractivity contribution is 5.89. The molecule has 1 saturated carbocycles. The van der Waals surface area contributed by atoms with Gasteiger partial charge in [0.25, 0.3) is 5.91 Å². The van der Waals surface area contributed by atoms with Crippen LogP contribution in [0.25, 0.3) is 0 Å². The topological polar surface area (TPSA) is 55.8 Å². The Bertz CT molecular complexity index is 661. The summed E-state index contributed by atoms with van der Waals surface area (Å²) in [5.41, 5.74) is 0.614. The molecule has 5 heteroatoms. The van der Waals surface area contributed by atoms with Crippen LogP contribution in [0.1, 0.15) is 37.9 Å². The Labute approximate surface area is 141 Å². The molecule has 5 nitrogen and oxygen atoms in total. The van der Waals surface area contributed by atoms with E-state index in [4.69, 9.17) is 9.47 Å². The molecule has 0 aromatic heterocycles. The number of ether oxygens (including phenoxy) is 2. The molecule has 0 N–H and O–H groups in total. The molecule has 1 amide bonds. The van der Waals surface area contributed by atoms with Gasteiger partial charge < -0.3 is 14.4 Å². The first-order valence-electron chi connectivity index (χ1n) is 8.67. The third-order valence-electron chi connectivity index (χ3n) is 6.36. The summed E-state index contributed by atoms with van der Waals surface area (Å²) in [7, 11) is 1.49. The van der Waals surface area contributed by atoms with Gasteiger partial charge >= 0.3 is 5.97 Å². The Morgan fingerprint density at radius 2 is 2.00 bits per heavy atom. The van der Waals surface area contributed by atoms with E-state index in [0.717, 1.165) is 31.4 Å². The van der Waals surface area contributed by atoms with E-state index in [1.165, 1.54) is 7.11 Å². The molecule has 128 valence electrons. The summed E-state index contributed by atoms with van der Waals surface area (Å²) in [4.78, 5) is 27.4. The van der Waals surface area contributed by atoms with Crippen molar-refractivity contribution in [3.05, 3.63) is 35.9 Å². The maximum Gasteiger partial charge on any atom is 0.340 e. The zero-order valence-electron chi connectivity index (χ0n) is 14.1. The van der Waals surface area contributed by atoms with E-state index in [1.807, 2.05) is 35.2 Å². The van der Waals surface area contributed by atoms with Crippen LogP contribution in [-0.4, -0.2) is 42.1 Å². The molecule has 4 rings (SSSR count). The van der Waals surface area contributed by atoms with Crippen molar-refractivity contribution in [3.8, 4) is 0 Å². The van der Waals surface area contributed by atoms with Gasteiger partial charge in [0.2, 0.25) is 0 Å². The van der Waals surface area contributed by atoms with Crippen molar-refractivity contribution < 1.29 is 19.1 Å². The van der Waals surface area contributed by atoms with Crippen LogP contribution in [0.15, 0.2) is 30.3 Å². The van der Waals surface area contributed by atoms with Crippen LogP contribution >= 0.6 is 0 Å². The second kappa shape index (κ2) is 5.59. The molecule has 2 heterocycles. The second-order valence-electron chi connectivity index (χ2n) is 7.27. The number of carbonyl (C=O) groups excluding carboxylic acids is 2. The van der Waals surface area contributed by atoms with E-state index in [9.17, 15) is 9.59 Å². The fourth-order valence-electron chi connectivity index (χ4n) is 5.10. The van der Waals surface area contributed by atoms with Crippen LogP contribution in [-0.2, 0) is 19.1 Å². The van der Waals surface area contributed by atoms with E-state index < -0.39 is 18.2 Å². The van der Waals surface area contributed by atoms with Gasteiger partial charge in [-0.2, -0.15) is 0 Å². The number of carbonyl (C=O) groups is 2. The predicted octanol–water partition coefficient (Wildman–Crippen LogP) is 2.32. The molecule has 0 bridgehead atoms. The van der Waals surface area contributed by atoms with Crippen LogP contribution in [0.5, 0.6) is 0 Å². The summed E-state index contributed by atoms with van der Waals surface area (Å²) in [6, 6.07) is 9.26. The number of hydrogen-bond acceptors (Lipinski definition) is 4. The highest BCUT2D eigenvalue weighted by Gasteiger charge is 2.66. The monoisotopic (exact) mass is 329 g/mol. The fourth-order valence-corrected chi connectivity index (χ4v) is 5.10. The Morgan fingerprint density at radius 1 is 1.25 bits per heavy atom. The van der Waals surface area contributed by atoms with Crippen molar-refractivity contribution in [2.24, 2.45) is 11.8 Å². The standard InChI is InChI=1S/C19H23NO4/c1-19-13-8-9-14(19)16(17(21)20(19)11-10-13)24-18(22)15(23-2)12-6-4-3-5-7-12/h3-7,13-16H,8-11H2,1-2H3. The fraction of sp³-hybridized carbons (Fsp3) is 0.579. The summed E-state index contributed by atoms with van der Waals surface area (Å²) in [5, 5.41) is 0. The Morgan fingerprint density at radius 3 is 2.71 bits per heavy atom. The summed E-state index contributed by atoms with van der Waals surface area (Å²) in [6.07, 6.45) is 1.69. The minimum atomic E-state index is -0.792. The van der Waals surface area contributed by atoms with Crippen molar-refractivity contribution >= 4 is 11.9 Å². The van der Waals surface area contributed by atoms with Crippen LogP contribution in [0.4, 0.5) is 0 Å². The van der Waals surface area contributed by atoms with Crippen LogP contribution in [0.2, 0.25) is 0 Å². The van der Waals surface area contributed by atoms with E-state index >= 15 is 0 Å². The molecule has 5 atom stereocenters. The zero-order valence-corrected chi connectivity index (χ0v) is 14.1. The van der Waals surface area contributed by atoms with Gasteiger partial charge in [0.05, 0.1) is 0 Å². The minimum absolute atomic E-state index is 0.0269. The van der Waals surface area contributed by atoms with Crippen molar-refractivity contribution in [2.75, 3.05) is 13.7 Å². The molecular formula is C19H23NO4. The average Bonchev–Trinajstić information content (AvgIpc) is 3.15. The van der Waals surface area contributed by atoms with Crippen LogP contribution in [0.3, 0.4) is 0 Å². The van der Waals surface area contributed by atoms with Gasteiger partial charge in [-0.05, 0) is 37.7 Å². The highest BCUT2D eigenvalue weighted by atomic mass is 16.6. The Balaban J connectivity index is 1.55. The third-order valence-corrected chi connectivity index (χ3v) is 6.36. The Kier molecular flexibility index (Phi) is 3.64. The largest absolute Gasteiger partial charge is 0.450 e. The number of benzene rings is 1. The molecule has 2 saturated heterocycles. The summed E-state index contributed by atoms with van der Waals surface area (Å²) in [5.74, 6) is 0.147. The van der Waals surface area contributed by atoms with Gasteiger partial charge in [-0.15, -0.1) is 0 Å². The molecular weight excluding hydrogens is 306 g/mol. The number of methoxy groups -OCH3 is 1. The van der Waals surface area contributed by atoms with E-state index in [2.05, 4.69) is 6.92 Å².